The van der Waals surface area contributed by atoms with E-state index < -0.39 is 12.0 Å². The smallest absolute Gasteiger partial charge is 0.338 e. The molecule has 2 aromatic carbocycles. The molecule has 2 aromatic rings. The Balaban J connectivity index is 2.15. The van der Waals surface area contributed by atoms with E-state index in [1.165, 1.54) is 4.90 Å². The number of carbonyl (C=O) groups excluding carboxylic acids is 2. The summed E-state index contributed by atoms with van der Waals surface area (Å²) in [6.45, 7) is 14.0. The minimum Gasteiger partial charge on any atom is -0.490 e. The second kappa shape index (κ2) is 14.3. The average molecular weight is 565 g/mol. The fourth-order valence-corrected chi connectivity index (χ4v) is 4.68. The van der Waals surface area contributed by atoms with Gasteiger partial charge in [-0.1, -0.05) is 36.9 Å². The fraction of sp³-hybridized carbons (Fsp3) is 0.323. The Kier molecular flexibility index (Phi) is 10.9. The molecule has 1 amide bonds. The highest BCUT2D eigenvalue weighted by molar-refractivity contribution is 7.80. The highest BCUT2D eigenvalue weighted by Crippen LogP contribution is 2.39. The van der Waals surface area contributed by atoms with Crippen LogP contribution in [0.3, 0.4) is 0 Å². The van der Waals surface area contributed by atoms with E-state index >= 15 is 0 Å². The van der Waals surface area contributed by atoms with Gasteiger partial charge in [0.2, 0.25) is 0 Å². The van der Waals surface area contributed by atoms with Crippen molar-refractivity contribution in [2.24, 2.45) is 0 Å². The van der Waals surface area contributed by atoms with Gasteiger partial charge in [-0.3, -0.25) is 9.69 Å². The molecule has 0 bridgehead atoms. The van der Waals surface area contributed by atoms with E-state index in [9.17, 15) is 9.59 Å². The van der Waals surface area contributed by atoms with Crippen molar-refractivity contribution in [3.05, 3.63) is 83.1 Å². The lowest BCUT2D eigenvalue weighted by atomic mass is 9.92. The Morgan fingerprint density at radius 3 is 2.38 bits per heavy atom. The van der Waals surface area contributed by atoms with Gasteiger partial charge in [0.1, 0.15) is 12.4 Å². The monoisotopic (exact) mass is 564 g/mol. The van der Waals surface area contributed by atoms with Gasteiger partial charge in [-0.15, -0.1) is 0 Å². The zero-order valence-electron chi connectivity index (χ0n) is 23.6. The highest BCUT2D eigenvalue weighted by Gasteiger charge is 2.40. The lowest BCUT2D eigenvalue weighted by Gasteiger charge is -2.38. The summed E-state index contributed by atoms with van der Waals surface area (Å²) in [6.07, 6.45) is 3.39. The Morgan fingerprint density at radius 2 is 1.70 bits per heavy atom. The summed E-state index contributed by atoms with van der Waals surface area (Å²) in [5, 5.41) is 3.19. The number of carbonyl (C=O) groups is 2. The van der Waals surface area contributed by atoms with E-state index in [1.807, 2.05) is 38.1 Å². The Morgan fingerprint density at radius 1 is 1.00 bits per heavy atom. The van der Waals surface area contributed by atoms with Gasteiger partial charge in [0.05, 0.1) is 31.4 Å². The van der Waals surface area contributed by atoms with E-state index in [0.717, 1.165) is 5.56 Å². The predicted octanol–water partition coefficient (Wildman–Crippen LogP) is 5.75. The molecule has 1 aliphatic heterocycles. The Hall–Kier alpha value is -4.11. The van der Waals surface area contributed by atoms with Crippen LogP contribution >= 0.6 is 12.2 Å². The number of hydrogen-bond donors (Lipinski definition) is 1. The van der Waals surface area contributed by atoms with Crippen molar-refractivity contribution in [1.29, 1.82) is 0 Å². The van der Waals surface area contributed by atoms with Crippen LogP contribution in [0.25, 0.3) is 6.08 Å². The molecular formula is C31H36N2O6S. The molecule has 1 atom stereocenters. The normalized spacial score (nSPS) is 15.3. The number of nitrogens with one attached hydrogen (secondary N) is 1. The van der Waals surface area contributed by atoms with Crippen molar-refractivity contribution in [1.82, 2.24) is 10.2 Å². The van der Waals surface area contributed by atoms with Gasteiger partial charge in [-0.05, 0) is 76.7 Å². The molecule has 0 aliphatic carbocycles. The Labute approximate surface area is 241 Å². The number of allylic oxidation sites excluding steroid dienone is 1. The van der Waals surface area contributed by atoms with Crippen molar-refractivity contribution >= 4 is 35.3 Å². The first-order valence-corrected chi connectivity index (χ1v) is 13.6. The standard InChI is InChI=1S/C31H36N2O6S/c1-7-17-39-24-14-12-11-13-22(24)18-20(5)29(34)33-28(27(30(35)38-10-4)21(6)32-31(33)40)23-15-16-25(36-8-2)26(19-23)37-9-3/h7,11-16,18-19,28H,1,8-10,17H2,2-6H3,(H,32,40)/b20-18+. The summed E-state index contributed by atoms with van der Waals surface area (Å²) in [5.74, 6) is 0.742. The van der Waals surface area contributed by atoms with Gasteiger partial charge < -0.3 is 24.3 Å². The molecule has 0 aromatic heterocycles. The number of rotatable bonds is 12. The molecule has 1 heterocycles. The topological polar surface area (TPSA) is 86.3 Å². The first-order chi connectivity index (χ1) is 19.3. The van der Waals surface area contributed by atoms with Crippen LogP contribution in [-0.4, -0.2) is 48.3 Å². The van der Waals surface area contributed by atoms with Gasteiger partial charge in [-0.25, -0.2) is 4.79 Å². The molecule has 212 valence electrons. The summed E-state index contributed by atoms with van der Waals surface area (Å²) < 4.78 is 22.7. The van der Waals surface area contributed by atoms with Crippen LogP contribution in [0.1, 0.15) is 51.8 Å². The molecule has 0 saturated carbocycles. The molecule has 0 saturated heterocycles. The van der Waals surface area contributed by atoms with Gasteiger partial charge in [0.15, 0.2) is 16.6 Å². The van der Waals surface area contributed by atoms with Crippen molar-refractivity contribution < 1.29 is 28.5 Å². The summed E-state index contributed by atoms with van der Waals surface area (Å²) in [6, 6.07) is 11.9. The molecule has 1 aliphatic rings. The first kappa shape index (κ1) is 30.4. The molecule has 1 N–H and O–H groups in total. The maximum atomic E-state index is 14.1. The summed E-state index contributed by atoms with van der Waals surface area (Å²) in [7, 11) is 0. The number of amides is 1. The van der Waals surface area contributed by atoms with Crippen LogP contribution in [0.2, 0.25) is 0 Å². The summed E-state index contributed by atoms with van der Waals surface area (Å²) >= 11 is 5.67. The number of esters is 1. The summed E-state index contributed by atoms with van der Waals surface area (Å²) in [5.41, 5.74) is 2.52. The van der Waals surface area contributed by atoms with Gasteiger partial charge in [0.25, 0.3) is 5.91 Å². The molecule has 3 rings (SSSR count). The molecule has 0 radical (unpaired) electrons. The van der Waals surface area contributed by atoms with Gasteiger partial charge >= 0.3 is 5.97 Å². The van der Waals surface area contributed by atoms with Crippen LogP contribution < -0.4 is 19.5 Å². The van der Waals surface area contributed by atoms with Crippen LogP contribution in [0.4, 0.5) is 0 Å². The van der Waals surface area contributed by atoms with Crippen molar-refractivity contribution in [2.45, 2.75) is 40.7 Å². The van der Waals surface area contributed by atoms with Crippen molar-refractivity contribution in [3.63, 3.8) is 0 Å². The van der Waals surface area contributed by atoms with E-state index in [-0.39, 0.29) is 23.2 Å². The fourth-order valence-electron chi connectivity index (χ4n) is 4.34. The van der Waals surface area contributed by atoms with E-state index in [4.69, 9.17) is 31.2 Å². The van der Waals surface area contributed by atoms with E-state index in [1.54, 1.807) is 51.1 Å². The third-order valence-corrected chi connectivity index (χ3v) is 6.33. The van der Waals surface area contributed by atoms with Gasteiger partial charge in [-0.2, -0.15) is 0 Å². The number of hydrogen-bond acceptors (Lipinski definition) is 7. The quantitative estimate of drug-likeness (QED) is 0.151. The van der Waals surface area contributed by atoms with Crippen LogP contribution in [0, 0.1) is 0 Å². The number of benzene rings is 2. The molecular weight excluding hydrogens is 528 g/mol. The van der Waals surface area contributed by atoms with E-state index in [2.05, 4.69) is 11.9 Å². The average Bonchev–Trinajstić information content (AvgIpc) is 2.93. The SMILES string of the molecule is C=CCOc1ccccc1/C=C(\C)C(=O)N1C(=S)NC(C)=C(C(=O)OCC)C1c1ccc(OCC)c(OCC)c1. The molecule has 0 fully saturated rings. The Bertz CT molecular complexity index is 1330. The third-order valence-electron chi connectivity index (χ3n) is 6.03. The zero-order chi connectivity index (χ0) is 29.2. The lowest BCUT2D eigenvalue weighted by molar-refractivity contribution is -0.139. The predicted molar refractivity (Wildman–Crippen MR) is 159 cm³/mol. The number of para-hydroxylation sites is 1. The zero-order valence-corrected chi connectivity index (χ0v) is 24.4. The number of ether oxygens (including phenoxy) is 4. The molecule has 8 nitrogen and oxygen atoms in total. The largest absolute Gasteiger partial charge is 0.490 e. The maximum Gasteiger partial charge on any atom is 0.338 e. The molecule has 40 heavy (non-hydrogen) atoms. The second-order valence-electron chi connectivity index (χ2n) is 8.80. The molecule has 9 heteroatoms. The third kappa shape index (κ3) is 6.90. The number of nitrogens with zero attached hydrogens (tertiary/aromatic N) is 1. The summed E-state index contributed by atoms with van der Waals surface area (Å²) in [4.78, 5) is 28.7. The second-order valence-corrected chi connectivity index (χ2v) is 9.19. The minimum absolute atomic E-state index is 0.163. The highest BCUT2D eigenvalue weighted by atomic mass is 32.1. The van der Waals surface area contributed by atoms with Crippen LogP contribution in [0.15, 0.2) is 72.0 Å². The van der Waals surface area contributed by atoms with Crippen molar-refractivity contribution in [2.75, 3.05) is 26.4 Å². The molecule has 0 spiro atoms. The van der Waals surface area contributed by atoms with Crippen LogP contribution in [-0.2, 0) is 14.3 Å². The number of thiocarbonyl (C=S) groups is 1. The first-order valence-electron chi connectivity index (χ1n) is 13.2. The minimum atomic E-state index is -0.870. The van der Waals surface area contributed by atoms with E-state index in [0.29, 0.717) is 53.9 Å². The molecule has 1 unspecified atom stereocenters. The van der Waals surface area contributed by atoms with Crippen molar-refractivity contribution in [3.8, 4) is 17.2 Å². The van der Waals surface area contributed by atoms with Gasteiger partial charge in [0, 0.05) is 16.8 Å². The lowest BCUT2D eigenvalue weighted by Crippen LogP contribution is -2.51. The van der Waals surface area contributed by atoms with Crippen LogP contribution in [0.5, 0.6) is 17.2 Å². The maximum absolute atomic E-state index is 14.1.